The number of likely N-dealkylation sites (tertiary alicyclic amines) is 1. The molecule has 90 valence electrons. The Balaban J connectivity index is 1.84. The first kappa shape index (κ1) is 11.2. The van der Waals surface area contributed by atoms with Gasteiger partial charge in [-0.05, 0) is 32.1 Å². The fourth-order valence-electron chi connectivity index (χ4n) is 2.21. The molecule has 5 nitrogen and oxygen atoms in total. The molecular formula is C11H18N2O3. The van der Waals surface area contributed by atoms with Gasteiger partial charge in [0.15, 0.2) is 0 Å². The zero-order chi connectivity index (χ0) is 11.7. The van der Waals surface area contributed by atoms with Crippen LogP contribution in [0.25, 0.3) is 0 Å². The molecule has 5 heteroatoms. The number of carboxylic acids is 1. The van der Waals surface area contributed by atoms with Gasteiger partial charge >= 0.3 is 12.0 Å². The van der Waals surface area contributed by atoms with Crippen molar-refractivity contribution in [2.45, 2.75) is 32.2 Å². The number of hydrogen-bond acceptors (Lipinski definition) is 2. The average molecular weight is 226 g/mol. The lowest BCUT2D eigenvalue weighted by molar-refractivity contribution is -0.142. The van der Waals surface area contributed by atoms with E-state index in [0.29, 0.717) is 18.9 Å². The molecule has 0 bridgehead atoms. The smallest absolute Gasteiger partial charge is 0.317 e. The normalized spacial score (nSPS) is 29.2. The molecule has 0 aromatic rings. The number of carbonyl (C=O) groups is 2. The summed E-state index contributed by atoms with van der Waals surface area (Å²) in [6.45, 7) is 3.09. The number of amides is 2. The molecule has 1 saturated heterocycles. The Labute approximate surface area is 94.8 Å². The van der Waals surface area contributed by atoms with Gasteiger partial charge in [0, 0.05) is 19.1 Å². The quantitative estimate of drug-likeness (QED) is 0.751. The van der Waals surface area contributed by atoms with Gasteiger partial charge in [-0.25, -0.2) is 4.79 Å². The molecule has 2 amide bonds. The molecule has 0 radical (unpaired) electrons. The van der Waals surface area contributed by atoms with Crippen molar-refractivity contribution in [2.75, 3.05) is 13.1 Å². The van der Waals surface area contributed by atoms with Gasteiger partial charge in [-0.2, -0.15) is 0 Å². The first-order valence-electron chi connectivity index (χ1n) is 5.87. The molecular weight excluding hydrogens is 208 g/mol. The monoisotopic (exact) mass is 226 g/mol. The standard InChI is InChI=1S/C11H18N2O3/c1-7-9(10(14)15)4-5-13(7)11(16)12-6-8-2-3-8/h7-9H,2-6H2,1H3,(H,12,16)(H,14,15). The van der Waals surface area contributed by atoms with Gasteiger partial charge in [0.2, 0.25) is 0 Å². The second-order valence-electron chi connectivity index (χ2n) is 4.80. The predicted molar refractivity (Wildman–Crippen MR) is 58.0 cm³/mol. The van der Waals surface area contributed by atoms with E-state index in [-0.39, 0.29) is 12.1 Å². The topological polar surface area (TPSA) is 69.6 Å². The van der Waals surface area contributed by atoms with Crippen LogP contribution >= 0.6 is 0 Å². The minimum absolute atomic E-state index is 0.108. The zero-order valence-corrected chi connectivity index (χ0v) is 9.48. The number of hydrogen-bond donors (Lipinski definition) is 2. The Hall–Kier alpha value is -1.26. The molecule has 2 N–H and O–H groups in total. The van der Waals surface area contributed by atoms with Gasteiger partial charge in [-0.3, -0.25) is 4.79 Å². The van der Waals surface area contributed by atoms with E-state index >= 15 is 0 Å². The van der Waals surface area contributed by atoms with Crippen molar-refractivity contribution in [3.8, 4) is 0 Å². The summed E-state index contributed by atoms with van der Waals surface area (Å²) < 4.78 is 0. The fourth-order valence-corrected chi connectivity index (χ4v) is 2.21. The minimum Gasteiger partial charge on any atom is -0.481 e. The second kappa shape index (κ2) is 4.31. The van der Waals surface area contributed by atoms with Crippen molar-refractivity contribution in [1.29, 1.82) is 0 Å². The average Bonchev–Trinajstić information content (AvgIpc) is 2.97. The van der Waals surface area contributed by atoms with Gasteiger partial charge in [0.25, 0.3) is 0 Å². The largest absolute Gasteiger partial charge is 0.481 e. The van der Waals surface area contributed by atoms with Crippen LogP contribution in [-0.2, 0) is 4.79 Å². The van der Waals surface area contributed by atoms with Crippen molar-refractivity contribution < 1.29 is 14.7 Å². The van der Waals surface area contributed by atoms with E-state index in [0.717, 1.165) is 6.54 Å². The SMILES string of the molecule is CC1C(C(=O)O)CCN1C(=O)NCC1CC1. The van der Waals surface area contributed by atoms with Crippen LogP contribution in [0.3, 0.4) is 0 Å². The molecule has 2 rings (SSSR count). The lowest BCUT2D eigenvalue weighted by atomic mass is 10.0. The van der Waals surface area contributed by atoms with Gasteiger partial charge in [0.1, 0.15) is 0 Å². The van der Waals surface area contributed by atoms with Crippen molar-refractivity contribution in [3.63, 3.8) is 0 Å². The molecule has 2 unspecified atom stereocenters. The van der Waals surface area contributed by atoms with Crippen LogP contribution in [0.4, 0.5) is 4.79 Å². The van der Waals surface area contributed by atoms with E-state index in [1.807, 2.05) is 6.92 Å². The zero-order valence-electron chi connectivity index (χ0n) is 9.48. The molecule has 1 aliphatic heterocycles. The van der Waals surface area contributed by atoms with Crippen LogP contribution in [-0.4, -0.2) is 41.1 Å². The van der Waals surface area contributed by atoms with Crippen LogP contribution in [0.2, 0.25) is 0 Å². The fraction of sp³-hybridized carbons (Fsp3) is 0.818. The molecule has 1 heterocycles. The lowest BCUT2D eigenvalue weighted by Gasteiger charge is -2.23. The van der Waals surface area contributed by atoms with Crippen molar-refractivity contribution >= 4 is 12.0 Å². The first-order chi connectivity index (χ1) is 7.59. The Morgan fingerprint density at radius 2 is 2.06 bits per heavy atom. The number of carboxylic acid groups (broad SMARTS) is 1. The third-order valence-electron chi connectivity index (χ3n) is 3.57. The second-order valence-corrected chi connectivity index (χ2v) is 4.80. The summed E-state index contributed by atoms with van der Waals surface area (Å²) >= 11 is 0. The summed E-state index contributed by atoms with van der Waals surface area (Å²) in [6, 6.07) is -0.306. The number of nitrogens with one attached hydrogen (secondary N) is 1. The third-order valence-corrected chi connectivity index (χ3v) is 3.57. The number of carbonyl (C=O) groups excluding carboxylic acids is 1. The summed E-state index contributed by atoms with van der Waals surface area (Å²) in [7, 11) is 0. The number of nitrogens with zero attached hydrogens (tertiary/aromatic N) is 1. The van der Waals surface area contributed by atoms with Gasteiger partial charge in [-0.15, -0.1) is 0 Å². The summed E-state index contributed by atoms with van der Waals surface area (Å²) in [5, 5.41) is 11.8. The summed E-state index contributed by atoms with van der Waals surface area (Å²) in [5.74, 6) is -0.561. The highest BCUT2D eigenvalue weighted by atomic mass is 16.4. The van der Waals surface area contributed by atoms with E-state index in [1.165, 1.54) is 12.8 Å². The molecule has 0 aromatic carbocycles. The van der Waals surface area contributed by atoms with Crippen LogP contribution < -0.4 is 5.32 Å². The first-order valence-corrected chi connectivity index (χ1v) is 5.87. The summed E-state index contributed by atoms with van der Waals surface area (Å²) in [6.07, 6.45) is 2.97. The van der Waals surface area contributed by atoms with Gasteiger partial charge < -0.3 is 15.3 Å². The number of rotatable bonds is 3. The predicted octanol–water partition coefficient (Wildman–Crippen LogP) is 0.901. The minimum atomic E-state index is -0.801. The highest BCUT2D eigenvalue weighted by molar-refractivity contribution is 5.78. The van der Waals surface area contributed by atoms with Crippen molar-refractivity contribution in [3.05, 3.63) is 0 Å². The summed E-state index contributed by atoms with van der Waals surface area (Å²) in [4.78, 5) is 24.3. The van der Waals surface area contributed by atoms with Crippen molar-refractivity contribution in [1.82, 2.24) is 10.2 Å². The van der Waals surface area contributed by atoms with E-state index in [9.17, 15) is 9.59 Å². The van der Waals surface area contributed by atoms with Gasteiger partial charge in [-0.1, -0.05) is 0 Å². The van der Waals surface area contributed by atoms with Crippen LogP contribution in [0.15, 0.2) is 0 Å². The molecule has 0 aromatic heterocycles. The maximum atomic E-state index is 11.8. The molecule has 2 aliphatic rings. The molecule has 0 spiro atoms. The van der Waals surface area contributed by atoms with Crippen LogP contribution in [0.1, 0.15) is 26.2 Å². The lowest BCUT2D eigenvalue weighted by Crippen LogP contribution is -2.44. The molecule has 16 heavy (non-hydrogen) atoms. The van der Waals surface area contributed by atoms with E-state index in [4.69, 9.17) is 5.11 Å². The Morgan fingerprint density at radius 3 is 2.56 bits per heavy atom. The Kier molecular flexibility index (Phi) is 3.03. The maximum Gasteiger partial charge on any atom is 0.317 e. The highest BCUT2D eigenvalue weighted by Crippen LogP contribution is 2.28. The maximum absolute atomic E-state index is 11.8. The van der Waals surface area contributed by atoms with E-state index in [1.54, 1.807) is 4.90 Å². The Bertz CT molecular complexity index is 302. The van der Waals surface area contributed by atoms with Crippen LogP contribution in [0.5, 0.6) is 0 Å². The summed E-state index contributed by atoms with van der Waals surface area (Å²) in [5.41, 5.74) is 0. The van der Waals surface area contributed by atoms with E-state index in [2.05, 4.69) is 5.32 Å². The number of aliphatic carboxylic acids is 1. The van der Waals surface area contributed by atoms with E-state index < -0.39 is 11.9 Å². The molecule has 2 atom stereocenters. The molecule has 1 aliphatic carbocycles. The molecule has 2 fully saturated rings. The van der Waals surface area contributed by atoms with Crippen molar-refractivity contribution in [2.24, 2.45) is 11.8 Å². The Morgan fingerprint density at radius 1 is 1.38 bits per heavy atom. The number of urea groups is 1. The third kappa shape index (κ3) is 2.28. The van der Waals surface area contributed by atoms with Gasteiger partial charge in [0.05, 0.1) is 5.92 Å². The molecule has 1 saturated carbocycles. The highest BCUT2D eigenvalue weighted by Gasteiger charge is 2.38. The van der Waals surface area contributed by atoms with Crippen LogP contribution in [0, 0.1) is 11.8 Å².